The van der Waals surface area contributed by atoms with Gasteiger partial charge in [0.05, 0.1) is 5.69 Å². The van der Waals surface area contributed by atoms with Gasteiger partial charge < -0.3 is 15.5 Å². The lowest BCUT2D eigenvalue weighted by atomic mass is 10.1. The second kappa shape index (κ2) is 5.74. The van der Waals surface area contributed by atoms with Crippen molar-refractivity contribution in [1.29, 1.82) is 0 Å². The molecular weight excluding hydrogens is 318 g/mol. The van der Waals surface area contributed by atoms with Gasteiger partial charge in [-0.3, -0.25) is 4.79 Å². The number of carbonyl (C=O) groups is 1. The highest BCUT2D eigenvalue weighted by molar-refractivity contribution is 9.10. The van der Waals surface area contributed by atoms with Crippen LogP contribution < -0.4 is 15.5 Å². The monoisotopic (exact) mass is 337 g/mol. The Morgan fingerprint density at radius 1 is 1.45 bits per heavy atom. The van der Waals surface area contributed by atoms with Crippen LogP contribution in [0.2, 0.25) is 0 Å². The minimum Gasteiger partial charge on any atom is -0.357 e. The molecule has 0 aromatic heterocycles. The van der Waals surface area contributed by atoms with Crippen LogP contribution in [0.15, 0.2) is 22.7 Å². The molecule has 1 saturated carbocycles. The van der Waals surface area contributed by atoms with Crippen molar-refractivity contribution in [2.24, 2.45) is 0 Å². The Morgan fingerprint density at radius 2 is 2.25 bits per heavy atom. The normalized spacial score (nSPS) is 22.8. The standard InChI is InChI=1S/C15H20BrN3O/c1-10-15(20)17-6-7-19(10)14-5-2-11(8-13(14)16)9-18-12-3-4-12/h2,5,8,10,12,18H,3-4,6-7,9H2,1H3,(H,17,20). The predicted octanol–water partition coefficient (Wildman–Crippen LogP) is 2.03. The molecule has 0 radical (unpaired) electrons. The van der Waals surface area contributed by atoms with Crippen LogP contribution >= 0.6 is 15.9 Å². The molecule has 2 fully saturated rings. The summed E-state index contributed by atoms with van der Waals surface area (Å²) < 4.78 is 1.06. The number of carbonyl (C=O) groups excluding carboxylic acids is 1. The molecule has 2 N–H and O–H groups in total. The Bertz CT molecular complexity index is 516. The van der Waals surface area contributed by atoms with Crippen LogP contribution in [0.3, 0.4) is 0 Å². The molecule has 1 unspecified atom stereocenters. The molecule has 0 spiro atoms. The van der Waals surface area contributed by atoms with E-state index in [9.17, 15) is 4.79 Å². The summed E-state index contributed by atoms with van der Waals surface area (Å²) in [5.41, 5.74) is 2.38. The van der Waals surface area contributed by atoms with Gasteiger partial charge >= 0.3 is 0 Å². The van der Waals surface area contributed by atoms with Gasteiger partial charge in [0, 0.05) is 30.1 Å². The van der Waals surface area contributed by atoms with E-state index in [2.05, 4.69) is 49.7 Å². The SMILES string of the molecule is CC1C(=O)NCCN1c1ccc(CNC2CC2)cc1Br. The van der Waals surface area contributed by atoms with Crippen LogP contribution in [0.4, 0.5) is 5.69 Å². The molecule has 1 atom stereocenters. The van der Waals surface area contributed by atoms with E-state index in [0.29, 0.717) is 6.54 Å². The molecule has 2 aliphatic rings. The van der Waals surface area contributed by atoms with Crippen LogP contribution in [0, 0.1) is 0 Å². The summed E-state index contributed by atoms with van der Waals surface area (Å²) >= 11 is 3.65. The van der Waals surface area contributed by atoms with Crippen LogP contribution in [0.5, 0.6) is 0 Å². The van der Waals surface area contributed by atoms with Crippen molar-refractivity contribution in [3.63, 3.8) is 0 Å². The zero-order valence-electron chi connectivity index (χ0n) is 11.7. The minimum atomic E-state index is -0.115. The molecule has 1 heterocycles. The lowest BCUT2D eigenvalue weighted by Crippen LogP contribution is -2.54. The molecule has 1 saturated heterocycles. The Kier molecular flexibility index (Phi) is 3.98. The average Bonchev–Trinajstić information content (AvgIpc) is 3.24. The number of rotatable bonds is 4. The summed E-state index contributed by atoms with van der Waals surface area (Å²) in [5.74, 6) is 0.0997. The molecule has 5 heteroatoms. The number of nitrogens with one attached hydrogen (secondary N) is 2. The van der Waals surface area contributed by atoms with Gasteiger partial charge in [-0.05, 0) is 53.4 Å². The first kappa shape index (κ1) is 13.9. The number of nitrogens with zero attached hydrogens (tertiary/aromatic N) is 1. The Balaban J connectivity index is 1.73. The minimum absolute atomic E-state index is 0.0997. The molecule has 4 nitrogen and oxygen atoms in total. The Labute approximate surface area is 128 Å². The maximum atomic E-state index is 11.8. The van der Waals surface area contributed by atoms with Gasteiger partial charge in [-0.1, -0.05) is 6.07 Å². The highest BCUT2D eigenvalue weighted by Gasteiger charge is 2.27. The fourth-order valence-corrected chi connectivity index (χ4v) is 3.21. The van der Waals surface area contributed by atoms with Crippen LogP contribution in [0.25, 0.3) is 0 Å². The molecule has 1 aliphatic heterocycles. The van der Waals surface area contributed by atoms with Gasteiger partial charge in [0.2, 0.25) is 5.91 Å². The molecule has 1 aliphatic carbocycles. The summed E-state index contributed by atoms with van der Waals surface area (Å²) in [6, 6.07) is 7.02. The second-order valence-corrected chi connectivity index (χ2v) is 6.46. The van der Waals surface area contributed by atoms with Crippen molar-refractivity contribution in [3.8, 4) is 0 Å². The molecule has 1 aromatic carbocycles. The zero-order chi connectivity index (χ0) is 14.1. The van der Waals surface area contributed by atoms with Gasteiger partial charge in [0.1, 0.15) is 6.04 Å². The third-order valence-electron chi connectivity index (χ3n) is 3.99. The summed E-state index contributed by atoms with van der Waals surface area (Å²) in [4.78, 5) is 13.9. The Morgan fingerprint density at radius 3 is 2.95 bits per heavy atom. The van der Waals surface area contributed by atoms with Gasteiger partial charge in [-0.2, -0.15) is 0 Å². The average molecular weight is 338 g/mol. The first-order chi connectivity index (χ1) is 9.65. The van der Waals surface area contributed by atoms with E-state index in [1.165, 1.54) is 18.4 Å². The maximum Gasteiger partial charge on any atom is 0.242 e. The zero-order valence-corrected chi connectivity index (χ0v) is 13.2. The molecule has 108 valence electrons. The van der Waals surface area contributed by atoms with Gasteiger partial charge in [0.25, 0.3) is 0 Å². The largest absolute Gasteiger partial charge is 0.357 e. The van der Waals surface area contributed by atoms with Gasteiger partial charge in [0.15, 0.2) is 0 Å². The molecule has 1 amide bonds. The summed E-state index contributed by atoms with van der Waals surface area (Å²) in [6.07, 6.45) is 2.61. The van der Waals surface area contributed by atoms with E-state index in [-0.39, 0.29) is 11.9 Å². The molecule has 20 heavy (non-hydrogen) atoms. The molecular formula is C15H20BrN3O. The third kappa shape index (κ3) is 2.99. The Hall–Kier alpha value is -1.07. The number of anilines is 1. The topological polar surface area (TPSA) is 44.4 Å². The quantitative estimate of drug-likeness (QED) is 0.883. The summed E-state index contributed by atoms with van der Waals surface area (Å²) in [5, 5.41) is 6.41. The number of hydrogen-bond donors (Lipinski definition) is 2. The highest BCUT2D eigenvalue weighted by Crippen LogP contribution is 2.30. The van der Waals surface area contributed by atoms with Crippen molar-refractivity contribution >= 4 is 27.5 Å². The van der Waals surface area contributed by atoms with E-state index in [1.54, 1.807) is 0 Å². The molecule has 1 aromatic rings. The number of amides is 1. The van der Waals surface area contributed by atoms with Crippen LogP contribution in [-0.4, -0.2) is 31.1 Å². The highest BCUT2D eigenvalue weighted by atomic mass is 79.9. The van der Waals surface area contributed by atoms with Crippen molar-refractivity contribution in [3.05, 3.63) is 28.2 Å². The van der Waals surface area contributed by atoms with Crippen molar-refractivity contribution in [2.45, 2.75) is 38.4 Å². The lowest BCUT2D eigenvalue weighted by molar-refractivity contribution is -0.122. The van der Waals surface area contributed by atoms with Crippen molar-refractivity contribution in [1.82, 2.24) is 10.6 Å². The van der Waals surface area contributed by atoms with E-state index in [1.807, 2.05) is 6.92 Å². The third-order valence-corrected chi connectivity index (χ3v) is 4.63. The van der Waals surface area contributed by atoms with E-state index in [0.717, 1.165) is 29.3 Å². The molecule has 3 rings (SSSR count). The number of hydrogen-bond acceptors (Lipinski definition) is 3. The van der Waals surface area contributed by atoms with E-state index >= 15 is 0 Å². The van der Waals surface area contributed by atoms with Crippen molar-refractivity contribution in [2.75, 3.05) is 18.0 Å². The van der Waals surface area contributed by atoms with Crippen LogP contribution in [-0.2, 0) is 11.3 Å². The van der Waals surface area contributed by atoms with E-state index in [4.69, 9.17) is 0 Å². The predicted molar refractivity (Wildman–Crippen MR) is 83.8 cm³/mol. The van der Waals surface area contributed by atoms with E-state index < -0.39 is 0 Å². The fraction of sp³-hybridized carbons (Fsp3) is 0.533. The van der Waals surface area contributed by atoms with Crippen molar-refractivity contribution < 1.29 is 4.79 Å². The fourth-order valence-electron chi connectivity index (χ4n) is 2.55. The number of halogens is 1. The first-order valence-corrected chi connectivity index (χ1v) is 8.00. The summed E-state index contributed by atoms with van der Waals surface area (Å²) in [6.45, 7) is 4.43. The maximum absolute atomic E-state index is 11.8. The molecule has 0 bridgehead atoms. The lowest BCUT2D eigenvalue weighted by Gasteiger charge is -2.35. The summed E-state index contributed by atoms with van der Waals surface area (Å²) in [7, 11) is 0. The number of piperazine rings is 1. The van der Waals surface area contributed by atoms with Gasteiger partial charge in [-0.25, -0.2) is 0 Å². The van der Waals surface area contributed by atoms with Crippen LogP contribution in [0.1, 0.15) is 25.3 Å². The number of benzene rings is 1. The first-order valence-electron chi connectivity index (χ1n) is 7.21. The van der Waals surface area contributed by atoms with Gasteiger partial charge in [-0.15, -0.1) is 0 Å². The smallest absolute Gasteiger partial charge is 0.242 e. The second-order valence-electron chi connectivity index (χ2n) is 5.60.